The molecule has 4 aromatic rings. The van der Waals surface area contributed by atoms with Crippen molar-refractivity contribution in [2.24, 2.45) is 5.41 Å². The SMILES string of the molecule is C[C@]1(C(=O)O)CC[C@H](c2nc3c(-c4ccc(-c5ccccc5)nc4)cnn3c(N)c2Br)CC1. The fourth-order valence-corrected chi connectivity index (χ4v) is 5.14. The van der Waals surface area contributed by atoms with E-state index in [0.29, 0.717) is 24.3 Å². The monoisotopic (exact) mass is 505 g/mol. The summed E-state index contributed by atoms with van der Waals surface area (Å²) in [6, 6.07) is 14.0. The van der Waals surface area contributed by atoms with E-state index in [4.69, 9.17) is 10.7 Å². The average molecular weight is 506 g/mol. The molecule has 1 saturated carbocycles. The van der Waals surface area contributed by atoms with Crippen molar-refractivity contribution in [1.29, 1.82) is 0 Å². The Morgan fingerprint density at radius 1 is 1.12 bits per heavy atom. The lowest BCUT2D eigenvalue weighted by atomic mass is 9.71. The minimum atomic E-state index is -0.729. The van der Waals surface area contributed by atoms with E-state index in [1.54, 1.807) is 10.7 Å². The number of anilines is 1. The Morgan fingerprint density at radius 2 is 1.85 bits per heavy atom. The summed E-state index contributed by atoms with van der Waals surface area (Å²) in [7, 11) is 0. The second-order valence-electron chi connectivity index (χ2n) is 8.93. The maximum absolute atomic E-state index is 11.6. The van der Waals surface area contributed by atoms with Crippen LogP contribution < -0.4 is 5.73 Å². The zero-order valence-corrected chi connectivity index (χ0v) is 19.8. The minimum Gasteiger partial charge on any atom is -0.481 e. The number of carboxylic acids is 1. The molecule has 7 nitrogen and oxygen atoms in total. The van der Waals surface area contributed by atoms with Gasteiger partial charge in [-0.3, -0.25) is 9.78 Å². The molecule has 0 atom stereocenters. The van der Waals surface area contributed by atoms with Gasteiger partial charge in [0.2, 0.25) is 0 Å². The summed E-state index contributed by atoms with van der Waals surface area (Å²) in [5.74, 6) is -0.102. The van der Waals surface area contributed by atoms with E-state index in [2.05, 4.69) is 26.0 Å². The van der Waals surface area contributed by atoms with Crippen LogP contribution in [0.25, 0.3) is 28.0 Å². The van der Waals surface area contributed by atoms with Crippen LogP contribution in [0.15, 0.2) is 59.3 Å². The molecule has 0 unspecified atom stereocenters. The Balaban J connectivity index is 1.51. The Labute approximate surface area is 199 Å². The molecule has 0 radical (unpaired) electrons. The van der Waals surface area contributed by atoms with Crippen LogP contribution in [0.3, 0.4) is 0 Å². The Kier molecular flexibility index (Phi) is 5.40. The second kappa shape index (κ2) is 8.26. The summed E-state index contributed by atoms with van der Waals surface area (Å²) in [4.78, 5) is 21.2. The van der Waals surface area contributed by atoms with Gasteiger partial charge in [-0.15, -0.1) is 0 Å². The lowest BCUT2D eigenvalue weighted by molar-refractivity contribution is -0.150. The summed E-state index contributed by atoms with van der Waals surface area (Å²) in [6.45, 7) is 1.83. The van der Waals surface area contributed by atoms with Crippen molar-refractivity contribution in [3.63, 3.8) is 0 Å². The van der Waals surface area contributed by atoms with Crippen molar-refractivity contribution in [1.82, 2.24) is 19.6 Å². The zero-order valence-electron chi connectivity index (χ0n) is 18.2. The van der Waals surface area contributed by atoms with Gasteiger partial charge in [0.05, 0.1) is 27.5 Å². The van der Waals surface area contributed by atoms with E-state index in [-0.39, 0.29) is 5.92 Å². The quantitative estimate of drug-likeness (QED) is 0.376. The highest BCUT2D eigenvalue weighted by Crippen LogP contribution is 2.45. The molecule has 33 heavy (non-hydrogen) atoms. The molecule has 0 saturated heterocycles. The fourth-order valence-electron chi connectivity index (χ4n) is 4.56. The van der Waals surface area contributed by atoms with Crippen LogP contribution in [-0.4, -0.2) is 30.7 Å². The molecule has 1 aromatic carbocycles. The molecule has 3 aromatic heterocycles. The van der Waals surface area contributed by atoms with Crippen LogP contribution in [-0.2, 0) is 4.79 Å². The minimum absolute atomic E-state index is 0.139. The maximum Gasteiger partial charge on any atom is 0.309 e. The summed E-state index contributed by atoms with van der Waals surface area (Å²) < 4.78 is 2.37. The van der Waals surface area contributed by atoms with Gasteiger partial charge in [-0.2, -0.15) is 9.61 Å². The van der Waals surface area contributed by atoms with E-state index >= 15 is 0 Å². The summed E-state index contributed by atoms with van der Waals surface area (Å²) in [6.07, 6.45) is 6.32. The van der Waals surface area contributed by atoms with E-state index in [1.165, 1.54) is 0 Å². The molecule has 1 aliphatic rings. The van der Waals surface area contributed by atoms with E-state index < -0.39 is 11.4 Å². The molecule has 168 valence electrons. The third-order valence-electron chi connectivity index (χ3n) is 6.78. The van der Waals surface area contributed by atoms with Gasteiger partial charge in [-0.25, -0.2) is 4.98 Å². The highest BCUT2D eigenvalue weighted by molar-refractivity contribution is 9.10. The molecule has 0 amide bonds. The van der Waals surface area contributed by atoms with Crippen molar-refractivity contribution < 1.29 is 9.90 Å². The first kappa shape index (κ1) is 21.6. The summed E-state index contributed by atoms with van der Waals surface area (Å²) in [5, 5.41) is 14.0. The predicted molar refractivity (Wildman–Crippen MR) is 131 cm³/mol. The smallest absolute Gasteiger partial charge is 0.309 e. The van der Waals surface area contributed by atoms with Gasteiger partial charge in [-0.05, 0) is 54.6 Å². The Morgan fingerprint density at radius 3 is 2.48 bits per heavy atom. The van der Waals surface area contributed by atoms with Crippen molar-refractivity contribution >= 4 is 33.4 Å². The molecule has 3 heterocycles. The number of halogens is 1. The lowest BCUT2D eigenvalue weighted by Gasteiger charge is -2.34. The van der Waals surface area contributed by atoms with Crippen molar-refractivity contribution in [2.45, 2.75) is 38.5 Å². The van der Waals surface area contributed by atoms with E-state index in [1.807, 2.05) is 55.6 Å². The first-order valence-electron chi connectivity index (χ1n) is 11.0. The summed E-state index contributed by atoms with van der Waals surface area (Å²) in [5.41, 5.74) is 11.0. The molecule has 0 bridgehead atoms. The van der Waals surface area contributed by atoms with E-state index in [0.717, 1.165) is 45.4 Å². The van der Waals surface area contributed by atoms with Crippen LogP contribution in [0.5, 0.6) is 0 Å². The zero-order chi connectivity index (χ0) is 23.2. The number of pyridine rings is 1. The maximum atomic E-state index is 11.6. The van der Waals surface area contributed by atoms with Gasteiger partial charge < -0.3 is 10.8 Å². The Bertz CT molecular complexity index is 1330. The number of aromatic nitrogens is 4. The predicted octanol–water partition coefficient (Wildman–Crippen LogP) is 5.55. The van der Waals surface area contributed by atoms with Crippen LogP contribution in [0, 0.1) is 5.41 Å². The molecule has 1 fully saturated rings. The van der Waals surface area contributed by atoms with Gasteiger partial charge in [-0.1, -0.05) is 36.4 Å². The fraction of sp³-hybridized carbons (Fsp3) is 0.280. The molecule has 5 rings (SSSR count). The lowest BCUT2D eigenvalue weighted by Crippen LogP contribution is -2.32. The van der Waals surface area contributed by atoms with Crippen LogP contribution in [0.2, 0.25) is 0 Å². The van der Waals surface area contributed by atoms with Crippen LogP contribution in [0.4, 0.5) is 5.82 Å². The van der Waals surface area contributed by atoms with Crippen molar-refractivity contribution in [3.05, 3.63) is 65.0 Å². The van der Waals surface area contributed by atoms with E-state index in [9.17, 15) is 9.90 Å². The number of hydrogen-bond acceptors (Lipinski definition) is 5. The molecule has 0 spiro atoms. The largest absolute Gasteiger partial charge is 0.481 e. The number of hydrogen-bond donors (Lipinski definition) is 2. The molecule has 3 N–H and O–H groups in total. The first-order chi connectivity index (χ1) is 15.9. The number of benzene rings is 1. The highest BCUT2D eigenvalue weighted by Gasteiger charge is 2.39. The number of rotatable bonds is 4. The molecule has 8 heteroatoms. The number of nitrogen functional groups attached to an aromatic ring is 1. The number of carboxylic acid groups (broad SMARTS) is 1. The molecular formula is C25H24BrN5O2. The van der Waals surface area contributed by atoms with Gasteiger partial charge in [0.25, 0.3) is 0 Å². The average Bonchev–Trinajstić information content (AvgIpc) is 3.27. The normalized spacial score (nSPS) is 20.7. The number of aliphatic carboxylic acids is 1. The van der Waals surface area contributed by atoms with Crippen LogP contribution >= 0.6 is 15.9 Å². The van der Waals surface area contributed by atoms with Gasteiger partial charge >= 0.3 is 5.97 Å². The number of nitrogens with two attached hydrogens (primary N) is 1. The molecule has 0 aliphatic heterocycles. The van der Waals surface area contributed by atoms with Crippen molar-refractivity contribution in [2.75, 3.05) is 5.73 Å². The third-order valence-corrected chi connectivity index (χ3v) is 7.60. The third kappa shape index (κ3) is 3.78. The summed E-state index contributed by atoms with van der Waals surface area (Å²) >= 11 is 3.62. The van der Waals surface area contributed by atoms with Gasteiger partial charge in [0, 0.05) is 28.8 Å². The molecular weight excluding hydrogens is 482 g/mol. The topological polar surface area (TPSA) is 106 Å². The van der Waals surface area contributed by atoms with Gasteiger partial charge in [0.1, 0.15) is 5.82 Å². The van der Waals surface area contributed by atoms with Gasteiger partial charge in [0.15, 0.2) is 5.65 Å². The first-order valence-corrected chi connectivity index (χ1v) is 11.7. The number of carbonyl (C=O) groups is 1. The number of fused-ring (bicyclic) bond motifs is 1. The standard InChI is InChI=1S/C25H24BrN5O2/c1-25(24(32)33)11-9-16(10-12-25)21-20(26)22(27)31-23(30-21)18(14-29-31)17-7-8-19(28-13-17)15-5-3-2-4-6-15/h2-8,13-14,16H,9-12,27H2,1H3,(H,32,33)/t16-,25-. The second-order valence-corrected chi connectivity index (χ2v) is 9.72. The van der Waals surface area contributed by atoms with Crippen molar-refractivity contribution in [3.8, 4) is 22.4 Å². The Hall–Kier alpha value is -3.26. The molecule has 1 aliphatic carbocycles. The number of nitrogens with zero attached hydrogens (tertiary/aromatic N) is 4. The highest BCUT2D eigenvalue weighted by atomic mass is 79.9. The van der Waals surface area contributed by atoms with Crippen LogP contribution in [0.1, 0.15) is 44.2 Å².